The zero-order valence-electron chi connectivity index (χ0n) is 18.9. The zero-order chi connectivity index (χ0) is 23.8. The highest BCUT2D eigenvalue weighted by Crippen LogP contribution is 2.28. The maximum Gasteiger partial charge on any atom is 0.268 e. The molecule has 35 heavy (non-hydrogen) atoms. The highest BCUT2D eigenvalue weighted by molar-refractivity contribution is 7.90. The Labute approximate surface area is 203 Å². The Bertz CT molecular complexity index is 1620. The van der Waals surface area contributed by atoms with Gasteiger partial charge in [0.1, 0.15) is 0 Å². The third kappa shape index (κ3) is 4.00. The van der Waals surface area contributed by atoms with E-state index in [4.69, 9.17) is 4.98 Å². The lowest BCUT2D eigenvalue weighted by Gasteiger charge is -2.27. The maximum atomic E-state index is 13.4. The van der Waals surface area contributed by atoms with Crippen molar-refractivity contribution < 1.29 is 8.42 Å². The van der Waals surface area contributed by atoms with Gasteiger partial charge in [-0.05, 0) is 35.9 Å². The van der Waals surface area contributed by atoms with E-state index < -0.39 is 10.0 Å². The lowest BCUT2D eigenvalue weighted by molar-refractivity contribution is 0.244. The van der Waals surface area contributed by atoms with E-state index in [-0.39, 0.29) is 4.90 Å². The van der Waals surface area contributed by atoms with Crippen LogP contribution < -0.4 is 0 Å². The molecule has 0 radical (unpaired) electrons. The van der Waals surface area contributed by atoms with E-state index >= 15 is 0 Å². The molecule has 0 atom stereocenters. The summed E-state index contributed by atoms with van der Waals surface area (Å²) in [5.41, 5.74) is 4.74. The molecule has 174 valence electrons. The highest BCUT2D eigenvalue weighted by atomic mass is 32.2. The van der Waals surface area contributed by atoms with Gasteiger partial charge in [-0.2, -0.15) is 0 Å². The fraction of sp³-hybridized carbons (Fsp3) is 0.148. The predicted octanol–water partition coefficient (Wildman–Crippen LogP) is 4.29. The van der Waals surface area contributed by atoms with Gasteiger partial charge >= 0.3 is 0 Å². The van der Waals surface area contributed by atoms with Crippen molar-refractivity contribution in [1.29, 1.82) is 0 Å². The van der Waals surface area contributed by atoms with E-state index in [1.165, 1.54) is 3.97 Å². The molecular weight excluding hydrogens is 458 g/mol. The van der Waals surface area contributed by atoms with Crippen molar-refractivity contribution in [2.45, 2.75) is 24.4 Å². The Hall–Kier alpha value is -3.88. The minimum atomic E-state index is -3.69. The molecule has 4 heterocycles. The van der Waals surface area contributed by atoms with Crippen LogP contribution in [-0.2, 0) is 29.5 Å². The minimum absolute atomic E-state index is 0.278. The molecule has 0 saturated carbocycles. The molecule has 0 N–H and O–H groups in total. The predicted molar refractivity (Wildman–Crippen MR) is 134 cm³/mol. The van der Waals surface area contributed by atoms with Crippen LogP contribution in [0.25, 0.3) is 22.3 Å². The van der Waals surface area contributed by atoms with Gasteiger partial charge in [-0.15, -0.1) is 0 Å². The quantitative estimate of drug-likeness (QED) is 0.373. The molecule has 1 aliphatic heterocycles. The Kier molecular flexibility index (Phi) is 5.39. The molecule has 0 spiro atoms. The number of hydrogen-bond acceptors (Lipinski definition) is 6. The van der Waals surface area contributed by atoms with Gasteiger partial charge in [0.05, 0.1) is 16.1 Å². The number of aromatic nitrogens is 4. The van der Waals surface area contributed by atoms with Crippen molar-refractivity contribution in [1.82, 2.24) is 23.8 Å². The fourth-order valence-corrected chi connectivity index (χ4v) is 6.05. The second kappa shape index (κ2) is 8.72. The SMILES string of the molecule is O=S(=O)(c1ccccc1)n1cc(CN2CCc3nc(-c4cccnc4)ncc3C2)c2ccccc21. The summed E-state index contributed by atoms with van der Waals surface area (Å²) in [6, 6.07) is 20.1. The van der Waals surface area contributed by atoms with Gasteiger partial charge in [0.25, 0.3) is 10.0 Å². The lowest BCUT2D eigenvalue weighted by atomic mass is 10.1. The third-order valence-corrected chi connectivity index (χ3v) is 8.08. The fourth-order valence-electron chi connectivity index (χ4n) is 4.63. The summed E-state index contributed by atoms with van der Waals surface area (Å²) in [5.74, 6) is 0.694. The van der Waals surface area contributed by atoms with Gasteiger partial charge in [0.2, 0.25) is 0 Å². The van der Waals surface area contributed by atoms with Crippen LogP contribution in [0.5, 0.6) is 0 Å². The number of hydrogen-bond donors (Lipinski definition) is 0. The van der Waals surface area contributed by atoms with Gasteiger partial charge < -0.3 is 0 Å². The first-order valence-electron chi connectivity index (χ1n) is 11.5. The Balaban J connectivity index is 1.30. The van der Waals surface area contributed by atoms with Crippen molar-refractivity contribution in [2.75, 3.05) is 6.54 Å². The zero-order valence-corrected chi connectivity index (χ0v) is 19.8. The van der Waals surface area contributed by atoms with Crippen LogP contribution in [0, 0.1) is 0 Å². The monoisotopic (exact) mass is 481 g/mol. The van der Waals surface area contributed by atoms with Crippen LogP contribution in [-0.4, -0.2) is 38.8 Å². The lowest BCUT2D eigenvalue weighted by Crippen LogP contribution is -2.31. The molecule has 0 bridgehead atoms. The molecule has 0 amide bonds. The number of benzene rings is 2. The number of nitrogens with zero attached hydrogens (tertiary/aromatic N) is 5. The molecule has 0 aliphatic carbocycles. The summed E-state index contributed by atoms with van der Waals surface area (Å²) in [6.07, 6.45) is 7.99. The van der Waals surface area contributed by atoms with Crippen LogP contribution in [0.3, 0.4) is 0 Å². The number of para-hydroxylation sites is 1. The van der Waals surface area contributed by atoms with Crippen LogP contribution in [0.15, 0.2) is 96.4 Å². The first-order valence-corrected chi connectivity index (χ1v) is 12.9. The molecule has 0 unspecified atom stereocenters. The molecular formula is C27H23N5O2S. The Morgan fingerprint density at radius 2 is 1.74 bits per heavy atom. The molecule has 0 fully saturated rings. The number of rotatable bonds is 5. The molecule has 6 rings (SSSR count). The summed E-state index contributed by atoms with van der Waals surface area (Å²) < 4.78 is 28.2. The molecule has 7 nitrogen and oxygen atoms in total. The third-order valence-electron chi connectivity index (χ3n) is 6.39. The van der Waals surface area contributed by atoms with Crippen molar-refractivity contribution in [3.05, 3.63) is 108 Å². The second-order valence-electron chi connectivity index (χ2n) is 8.65. The average molecular weight is 482 g/mol. The standard InChI is InChI=1S/C27H23N5O2S/c33-35(34,23-8-2-1-3-9-23)32-19-22(24-10-4-5-11-26(24)32)18-31-14-12-25-21(17-31)16-29-27(30-25)20-7-6-13-28-15-20/h1-11,13,15-16,19H,12,14,17-18H2. The topological polar surface area (TPSA) is 81.0 Å². The Morgan fingerprint density at radius 3 is 2.57 bits per heavy atom. The van der Waals surface area contributed by atoms with E-state index in [1.807, 2.05) is 48.7 Å². The summed E-state index contributed by atoms with van der Waals surface area (Å²) in [7, 11) is -3.69. The van der Waals surface area contributed by atoms with Crippen molar-refractivity contribution in [3.8, 4) is 11.4 Å². The first kappa shape index (κ1) is 21.6. The van der Waals surface area contributed by atoms with E-state index in [9.17, 15) is 8.42 Å². The molecule has 2 aromatic carbocycles. The highest BCUT2D eigenvalue weighted by Gasteiger charge is 2.24. The van der Waals surface area contributed by atoms with Gasteiger partial charge in [-0.3, -0.25) is 9.88 Å². The maximum absolute atomic E-state index is 13.4. The number of pyridine rings is 1. The minimum Gasteiger partial charge on any atom is -0.294 e. The van der Waals surface area contributed by atoms with E-state index in [2.05, 4.69) is 14.9 Å². The molecule has 3 aromatic heterocycles. The largest absolute Gasteiger partial charge is 0.294 e. The smallest absolute Gasteiger partial charge is 0.268 e. The van der Waals surface area contributed by atoms with Gasteiger partial charge in [0.15, 0.2) is 5.82 Å². The molecule has 8 heteroatoms. The first-order chi connectivity index (χ1) is 17.1. The van der Waals surface area contributed by atoms with E-state index in [0.717, 1.165) is 40.7 Å². The van der Waals surface area contributed by atoms with Crippen molar-refractivity contribution >= 4 is 20.9 Å². The van der Waals surface area contributed by atoms with Crippen molar-refractivity contribution in [3.63, 3.8) is 0 Å². The number of fused-ring (bicyclic) bond motifs is 2. The van der Waals surface area contributed by atoms with E-state index in [0.29, 0.717) is 24.4 Å². The summed E-state index contributed by atoms with van der Waals surface area (Å²) in [6.45, 7) is 2.19. The molecule has 0 saturated heterocycles. The normalized spacial score (nSPS) is 14.2. The van der Waals surface area contributed by atoms with Gasteiger partial charge in [0, 0.05) is 67.4 Å². The molecule has 1 aliphatic rings. The summed E-state index contributed by atoms with van der Waals surface area (Å²) in [4.78, 5) is 16.1. The van der Waals surface area contributed by atoms with Gasteiger partial charge in [-0.1, -0.05) is 36.4 Å². The van der Waals surface area contributed by atoms with E-state index in [1.54, 1.807) is 42.9 Å². The van der Waals surface area contributed by atoms with Crippen LogP contribution in [0.2, 0.25) is 0 Å². The summed E-state index contributed by atoms with van der Waals surface area (Å²) >= 11 is 0. The summed E-state index contributed by atoms with van der Waals surface area (Å²) in [5, 5.41) is 0.945. The second-order valence-corrected chi connectivity index (χ2v) is 10.5. The van der Waals surface area contributed by atoms with Gasteiger partial charge in [-0.25, -0.2) is 22.4 Å². The molecule has 5 aromatic rings. The Morgan fingerprint density at radius 1 is 0.914 bits per heavy atom. The van der Waals surface area contributed by atoms with Crippen LogP contribution in [0.1, 0.15) is 16.8 Å². The average Bonchev–Trinajstić information content (AvgIpc) is 3.28. The van der Waals surface area contributed by atoms with Crippen LogP contribution >= 0.6 is 0 Å². The van der Waals surface area contributed by atoms with Crippen molar-refractivity contribution in [2.24, 2.45) is 0 Å². The van der Waals surface area contributed by atoms with Crippen LogP contribution in [0.4, 0.5) is 0 Å².